The summed E-state index contributed by atoms with van der Waals surface area (Å²) in [4.78, 5) is 15.7. The second-order valence-electron chi connectivity index (χ2n) is 5.89. The smallest absolute Gasteiger partial charge is 0.253 e. The van der Waals surface area contributed by atoms with Crippen LogP contribution in [0.1, 0.15) is 29.6 Å². The number of likely N-dealkylation sites (tertiary alicyclic amines) is 1. The van der Waals surface area contributed by atoms with Crippen molar-refractivity contribution in [3.05, 3.63) is 23.8 Å². The van der Waals surface area contributed by atoms with E-state index in [0.29, 0.717) is 29.6 Å². The Kier molecular flexibility index (Phi) is 5.07. The van der Waals surface area contributed by atoms with Crippen LogP contribution in [0.3, 0.4) is 0 Å². The predicted molar refractivity (Wildman–Crippen MR) is 84.6 cm³/mol. The minimum absolute atomic E-state index is 0.0553. The van der Waals surface area contributed by atoms with Gasteiger partial charge in [0.2, 0.25) is 0 Å². The lowest BCUT2D eigenvalue weighted by atomic mass is 10.0. The number of carbonyl (C=O) groups is 1. The van der Waals surface area contributed by atoms with Gasteiger partial charge in [-0.25, -0.2) is 0 Å². The van der Waals surface area contributed by atoms with Gasteiger partial charge in [-0.3, -0.25) is 4.79 Å². The van der Waals surface area contributed by atoms with Crippen molar-refractivity contribution in [1.29, 1.82) is 0 Å². The summed E-state index contributed by atoms with van der Waals surface area (Å²) in [6.07, 6.45) is 3.67. The molecule has 1 atom stereocenters. The Morgan fingerprint density at radius 1 is 1.43 bits per heavy atom. The van der Waals surface area contributed by atoms with Crippen molar-refractivity contribution in [2.75, 3.05) is 40.0 Å². The number of likely N-dealkylation sites (N-methyl/N-ethyl adjacent to an activating group) is 1. The molecule has 0 aliphatic carbocycles. The first-order valence-corrected chi connectivity index (χ1v) is 7.43. The van der Waals surface area contributed by atoms with Crippen LogP contribution in [0.5, 0.6) is 5.75 Å². The van der Waals surface area contributed by atoms with E-state index in [1.807, 2.05) is 0 Å². The highest BCUT2D eigenvalue weighted by molar-refractivity contribution is 5.95. The molecule has 5 heteroatoms. The van der Waals surface area contributed by atoms with E-state index < -0.39 is 0 Å². The third kappa shape index (κ3) is 3.88. The van der Waals surface area contributed by atoms with E-state index in [4.69, 9.17) is 10.5 Å². The second-order valence-corrected chi connectivity index (χ2v) is 5.89. The zero-order chi connectivity index (χ0) is 15.4. The van der Waals surface area contributed by atoms with E-state index in [2.05, 4.69) is 11.9 Å². The van der Waals surface area contributed by atoms with E-state index in [9.17, 15) is 4.79 Å². The fourth-order valence-electron chi connectivity index (χ4n) is 2.61. The molecule has 1 aliphatic heterocycles. The van der Waals surface area contributed by atoms with Crippen LogP contribution in [0.25, 0.3) is 0 Å². The Labute approximate surface area is 126 Å². The lowest BCUT2D eigenvalue weighted by Gasteiger charge is -2.32. The van der Waals surface area contributed by atoms with E-state index in [1.165, 1.54) is 17.7 Å². The SMILES string of the molecule is CN(C)C(=O)c1ccc(OCC2CCCCN2C)c(N)c1. The average molecular weight is 291 g/mol. The molecule has 1 fully saturated rings. The molecule has 0 spiro atoms. The Morgan fingerprint density at radius 2 is 2.19 bits per heavy atom. The fraction of sp³-hybridized carbons (Fsp3) is 0.562. The van der Waals surface area contributed by atoms with Gasteiger partial charge < -0.3 is 20.3 Å². The first-order valence-electron chi connectivity index (χ1n) is 7.43. The molecule has 1 heterocycles. The average Bonchev–Trinajstić information content (AvgIpc) is 2.46. The standard InChI is InChI=1S/C16H25N3O2/c1-18(2)16(20)12-7-8-15(14(17)10-12)21-11-13-6-4-5-9-19(13)3/h7-8,10,13H,4-6,9,11,17H2,1-3H3. The quantitative estimate of drug-likeness (QED) is 0.860. The number of rotatable bonds is 4. The van der Waals surface area contributed by atoms with Crippen LogP contribution < -0.4 is 10.5 Å². The molecule has 1 aliphatic rings. The molecule has 2 rings (SSSR count). The highest BCUT2D eigenvalue weighted by atomic mass is 16.5. The number of nitrogen functional groups attached to an aromatic ring is 1. The third-order valence-electron chi connectivity index (χ3n) is 4.02. The predicted octanol–water partition coefficient (Wildman–Crippen LogP) is 1.83. The summed E-state index contributed by atoms with van der Waals surface area (Å²) in [6, 6.07) is 5.68. The van der Waals surface area contributed by atoms with Gasteiger partial charge in [0, 0.05) is 25.7 Å². The summed E-state index contributed by atoms with van der Waals surface area (Å²) < 4.78 is 5.85. The normalized spacial score (nSPS) is 19.3. The van der Waals surface area contributed by atoms with Crippen LogP contribution in [0.2, 0.25) is 0 Å². The molecule has 116 valence electrons. The highest BCUT2D eigenvalue weighted by Crippen LogP contribution is 2.24. The highest BCUT2D eigenvalue weighted by Gasteiger charge is 2.20. The molecule has 1 aromatic carbocycles. The van der Waals surface area contributed by atoms with E-state index in [-0.39, 0.29) is 5.91 Å². The maximum absolute atomic E-state index is 11.9. The van der Waals surface area contributed by atoms with Gasteiger partial charge in [0.15, 0.2) is 0 Å². The Morgan fingerprint density at radius 3 is 2.81 bits per heavy atom. The van der Waals surface area contributed by atoms with Gasteiger partial charge in [-0.2, -0.15) is 0 Å². The van der Waals surface area contributed by atoms with Crippen molar-refractivity contribution in [2.24, 2.45) is 0 Å². The summed E-state index contributed by atoms with van der Waals surface area (Å²) in [5.74, 6) is 0.601. The minimum atomic E-state index is -0.0553. The lowest BCUT2D eigenvalue weighted by Crippen LogP contribution is -2.40. The van der Waals surface area contributed by atoms with Crippen LogP contribution >= 0.6 is 0 Å². The number of nitrogens with zero attached hydrogens (tertiary/aromatic N) is 2. The van der Waals surface area contributed by atoms with Gasteiger partial charge >= 0.3 is 0 Å². The Hall–Kier alpha value is -1.75. The fourth-order valence-corrected chi connectivity index (χ4v) is 2.61. The number of amides is 1. The first-order chi connectivity index (χ1) is 9.99. The van der Waals surface area contributed by atoms with Gasteiger partial charge in [-0.05, 0) is 44.6 Å². The zero-order valence-electron chi connectivity index (χ0n) is 13.1. The molecule has 2 N–H and O–H groups in total. The molecule has 1 saturated heterocycles. The summed E-state index contributed by atoms with van der Waals surface area (Å²) in [6.45, 7) is 1.77. The van der Waals surface area contributed by atoms with Crippen molar-refractivity contribution >= 4 is 11.6 Å². The van der Waals surface area contributed by atoms with Crippen molar-refractivity contribution < 1.29 is 9.53 Å². The van der Waals surface area contributed by atoms with E-state index in [0.717, 1.165) is 13.0 Å². The number of nitrogens with two attached hydrogens (primary N) is 1. The van der Waals surface area contributed by atoms with Crippen molar-refractivity contribution in [3.63, 3.8) is 0 Å². The summed E-state index contributed by atoms with van der Waals surface area (Å²) in [5, 5.41) is 0. The van der Waals surface area contributed by atoms with Crippen molar-refractivity contribution in [2.45, 2.75) is 25.3 Å². The molecule has 1 unspecified atom stereocenters. The van der Waals surface area contributed by atoms with Gasteiger partial charge in [0.05, 0.1) is 5.69 Å². The van der Waals surface area contributed by atoms with Crippen LogP contribution in [0, 0.1) is 0 Å². The van der Waals surface area contributed by atoms with Crippen molar-refractivity contribution in [3.8, 4) is 5.75 Å². The number of hydrogen-bond acceptors (Lipinski definition) is 4. The molecule has 0 saturated carbocycles. The molecule has 0 bridgehead atoms. The van der Waals surface area contributed by atoms with Crippen molar-refractivity contribution in [1.82, 2.24) is 9.80 Å². The number of hydrogen-bond donors (Lipinski definition) is 1. The van der Waals surface area contributed by atoms with E-state index >= 15 is 0 Å². The Bertz CT molecular complexity index is 502. The molecule has 0 aromatic heterocycles. The molecular formula is C16H25N3O2. The Balaban J connectivity index is 1.99. The molecule has 1 aromatic rings. The largest absolute Gasteiger partial charge is 0.490 e. The van der Waals surface area contributed by atoms with Gasteiger partial charge in [0.25, 0.3) is 5.91 Å². The number of carbonyl (C=O) groups excluding carboxylic acids is 1. The summed E-state index contributed by atoms with van der Waals surface area (Å²) in [7, 11) is 5.58. The van der Waals surface area contributed by atoms with Crippen LogP contribution in [-0.2, 0) is 0 Å². The summed E-state index contributed by atoms with van der Waals surface area (Å²) >= 11 is 0. The summed E-state index contributed by atoms with van der Waals surface area (Å²) in [5.41, 5.74) is 7.10. The van der Waals surface area contributed by atoms with E-state index in [1.54, 1.807) is 32.3 Å². The minimum Gasteiger partial charge on any atom is -0.490 e. The molecule has 21 heavy (non-hydrogen) atoms. The zero-order valence-corrected chi connectivity index (χ0v) is 13.1. The molecular weight excluding hydrogens is 266 g/mol. The molecule has 1 amide bonds. The third-order valence-corrected chi connectivity index (χ3v) is 4.02. The first kappa shape index (κ1) is 15.6. The van der Waals surface area contributed by atoms with Crippen LogP contribution in [-0.4, -0.2) is 56.0 Å². The topological polar surface area (TPSA) is 58.8 Å². The lowest BCUT2D eigenvalue weighted by molar-refractivity contribution is 0.0827. The van der Waals surface area contributed by atoms with Crippen LogP contribution in [0.4, 0.5) is 5.69 Å². The second kappa shape index (κ2) is 6.80. The van der Waals surface area contributed by atoms with Gasteiger partial charge in [-0.1, -0.05) is 6.42 Å². The van der Waals surface area contributed by atoms with Gasteiger partial charge in [0.1, 0.15) is 12.4 Å². The number of anilines is 1. The van der Waals surface area contributed by atoms with Gasteiger partial charge in [-0.15, -0.1) is 0 Å². The number of benzene rings is 1. The van der Waals surface area contributed by atoms with Crippen LogP contribution in [0.15, 0.2) is 18.2 Å². The number of piperidine rings is 1. The monoisotopic (exact) mass is 291 g/mol. The maximum atomic E-state index is 11.9. The molecule has 5 nitrogen and oxygen atoms in total. The number of ether oxygens (including phenoxy) is 1. The molecule has 0 radical (unpaired) electrons. The maximum Gasteiger partial charge on any atom is 0.253 e.